The van der Waals surface area contributed by atoms with Crippen molar-refractivity contribution in [3.05, 3.63) is 23.8 Å². The van der Waals surface area contributed by atoms with Crippen LogP contribution in [0.3, 0.4) is 0 Å². The minimum atomic E-state index is 0.868. The molecule has 0 nitrogen and oxygen atoms in total. The van der Waals surface area contributed by atoms with Crippen LogP contribution in [0.1, 0.15) is 39.5 Å². The van der Waals surface area contributed by atoms with Crippen molar-refractivity contribution in [3.63, 3.8) is 0 Å². The Morgan fingerprint density at radius 1 is 1.55 bits per heavy atom. The van der Waals surface area contributed by atoms with Crippen molar-refractivity contribution in [2.45, 2.75) is 39.5 Å². The molecule has 0 aromatic rings. The molecule has 1 aliphatic carbocycles. The molecule has 0 radical (unpaired) electrons. The SMILES string of the molecule is CCC(C)CC1=CC=CCC1. The Morgan fingerprint density at radius 2 is 2.36 bits per heavy atom. The van der Waals surface area contributed by atoms with Gasteiger partial charge in [-0.25, -0.2) is 0 Å². The van der Waals surface area contributed by atoms with Crippen molar-refractivity contribution in [1.29, 1.82) is 0 Å². The molecule has 0 aromatic carbocycles. The van der Waals surface area contributed by atoms with E-state index in [1.807, 2.05) is 0 Å². The van der Waals surface area contributed by atoms with E-state index < -0.39 is 0 Å². The van der Waals surface area contributed by atoms with Gasteiger partial charge in [0.05, 0.1) is 0 Å². The second kappa shape index (κ2) is 4.38. The fourth-order valence-corrected chi connectivity index (χ4v) is 1.41. The van der Waals surface area contributed by atoms with E-state index in [0.29, 0.717) is 0 Å². The first-order valence-corrected chi connectivity index (χ1v) is 4.67. The zero-order valence-corrected chi connectivity index (χ0v) is 7.64. The highest BCUT2D eigenvalue weighted by Gasteiger charge is 2.04. The van der Waals surface area contributed by atoms with Crippen LogP contribution in [0, 0.1) is 5.92 Å². The summed E-state index contributed by atoms with van der Waals surface area (Å²) in [6.07, 6.45) is 11.9. The van der Waals surface area contributed by atoms with Crippen LogP contribution in [-0.4, -0.2) is 0 Å². The van der Waals surface area contributed by atoms with E-state index in [9.17, 15) is 0 Å². The third-order valence-corrected chi connectivity index (χ3v) is 2.41. The van der Waals surface area contributed by atoms with E-state index in [4.69, 9.17) is 0 Å². The van der Waals surface area contributed by atoms with Gasteiger partial charge in [-0.15, -0.1) is 0 Å². The molecular formula is C11H18. The van der Waals surface area contributed by atoms with Gasteiger partial charge in [0.15, 0.2) is 0 Å². The molecule has 0 fully saturated rings. The molecule has 0 saturated carbocycles. The molecule has 1 aliphatic rings. The summed E-state index contributed by atoms with van der Waals surface area (Å²) in [5.41, 5.74) is 1.64. The molecule has 0 aromatic heterocycles. The van der Waals surface area contributed by atoms with E-state index in [2.05, 4.69) is 32.1 Å². The van der Waals surface area contributed by atoms with Crippen molar-refractivity contribution in [1.82, 2.24) is 0 Å². The second-order valence-electron chi connectivity index (χ2n) is 3.51. The summed E-state index contributed by atoms with van der Waals surface area (Å²) in [4.78, 5) is 0. The van der Waals surface area contributed by atoms with Crippen LogP contribution in [0.5, 0.6) is 0 Å². The van der Waals surface area contributed by atoms with Gasteiger partial charge in [0.2, 0.25) is 0 Å². The predicted molar refractivity (Wildman–Crippen MR) is 50.5 cm³/mol. The first-order chi connectivity index (χ1) is 5.33. The Hall–Kier alpha value is -0.520. The smallest absolute Gasteiger partial charge is 0.0282 e. The fourth-order valence-electron chi connectivity index (χ4n) is 1.41. The van der Waals surface area contributed by atoms with E-state index in [1.165, 1.54) is 25.7 Å². The summed E-state index contributed by atoms with van der Waals surface area (Å²) in [6, 6.07) is 0. The summed E-state index contributed by atoms with van der Waals surface area (Å²) in [5.74, 6) is 0.868. The van der Waals surface area contributed by atoms with E-state index in [1.54, 1.807) is 5.57 Å². The monoisotopic (exact) mass is 150 g/mol. The maximum absolute atomic E-state index is 2.33. The van der Waals surface area contributed by atoms with Crippen molar-refractivity contribution in [3.8, 4) is 0 Å². The molecule has 0 heterocycles. The summed E-state index contributed by atoms with van der Waals surface area (Å²) in [6.45, 7) is 4.60. The molecule has 0 saturated heterocycles. The Balaban J connectivity index is 2.35. The quantitative estimate of drug-likeness (QED) is 0.575. The average molecular weight is 150 g/mol. The molecular weight excluding hydrogens is 132 g/mol. The van der Waals surface area contributed by atoms with Gasteiger partial charge in [-0.2, -0.15) is 0 Å². The van der Waals surface area contributed by atoms with E-state index >= 15 is 0 Å². The third-order valence-electron chi connectivity index (χ3n) is 2.41. The molecule has 1 unspecified atom stereocenters. The minimum absolute atomic E-state index is 0.868. The van der Waals surface area contributed by atoms with Gasteiger partial charge in [-0.1, -0.05) is 44.1 Å². The van der Waals surface area contributed by atoms with Crippen molar-refractivity contribution < 1.29 is 0 Å². The minimum Gasteiger partial charge on any atom is -0.0842 e. The third kappa shape index (κ3) is 2.92. The van der Waals surface area contributed by atoms with Gasteiger partial charge in [0.1, 0.15) is 0 Å². The van der Waals surface area contributed by atoms with E-state index in [0.717, 1.165) is 5.92 Å². The van der Waals surface area contributed by atoms with Gasteiger partial charge in [0.25, 0.3) is 0 Å². The molecule has 0 heteroatoms. The zero-order valence-electron chi connectivity index (χ0n) is 7.64. The van der Waals surface area contributed by atoms with Gasteiger partial charge >= 0.3 is 0 Å². The Labute approximate surface area is 70.0 Å². The number of rotatable bonds is 3. The normalized spacial score (nSPS) is 19.6. The lowest BCUT2D eigenvalue weighted by Gasteiger charge is -2.12. The van der Waals surface area contributed by atoms with Crippen molar-refractivity contribution in [2.75, 3.05) is 0 Å². The molecule has 0 amide bonds. The Bertz CT molecular complexity index is 163. The molecule has 62 valence electrons. The summed E-state index contributed by atoms with van der Waals surface area (Å²) in [7, 11) is 0. The number of hydrogen-bond acceptors (Lipinski definition) is 0. The number of allylic oxidation sites excluding steroid dienone is 4. The molecule has 1 atom stereocenters. The van der Waals surface area contributed by atoms with Crippen LogP contribution in [0.2, 0.25) is 0 Å². The van der Waals surface area contributed by atoms with Crippen LogP contribution in [0.4, 0.5) is 0 Å². The van der Waals surface area contributed by atoms with Crippen LogP contribution < -0.4 is 0 Å². The Morgan fingerprint density at radius 3 is 2.91 bits per heavy atom. The van der Waals surface area contributed by atoms with Crippen molar-refractivity contribution >= 4 is 0 Å². The lowest BCUT2D eigenvalue weighted by Crippen LogP contribution is -1.96. The van der Waals surface area contributed by atoms with Gasteiger partial charge < -0.3 is 0 Å². The van der Waals surface area contributed by atoms with Gasteiger partial charge in [-0.05, 0) is 25.2 Å². The molecule has 11 heavy (non-hydrogen) atoms. The van der Waals surface area contributed by atoms with Gasteiger partial charge in [0, 0.05) is 0 Å². The first-order valence-electron chi connectivity index (χ1n) is 4.67. The summed E-state index contributed by atoms with van der Waals surface area (Å²) < 4.78 is 0. The molecule has 0 N–H and O–H groups in total. The maximum Gasteiger partial charge on any atom is -0.0282 e. The standard InChI is InChI=1S/C11H18/c1-3-10(2)9-11-7-5-4-6-8-11/h4-5,7,10H,3,6,8-9H2,1-2H3. The van der Waals surface area contributed by atoms with Crippen LogP contribution in [-0.2, 0) is 0 Å². The maximum atomic E-state index is 2.33. The molecule has 0 aliphatic heterocycles. The first kappa shape index (κ1) is 8.58. The fraction of sp³-hybridized carbons (Fsp3) is 0.636. The number of hydrogen-bond donors (Lipinski definition) is 0. The zero-order chi connectivity index (χ0) is 8.10. The van der Waals surface area contributed by atoms with Crippen molar-refractivity contribution in [2.24, 2.45) is 5.92 Å². The predicted octanol–water partition coefficient (Wildman–Crippen LogP) is 3.70. The topological polar surface area (TPSA) is 0 Å². The van der Waals surface area contributed by atoms with Crippen LogP contribution in [0.15, 0.2) is 23.8 Å². The molecule has 1 rings (SSSR count). The van der Waals surface area contributed by atoms with E-state index in [-0.39, 0.29) is 0 Å². The molecule has 0 spiro atoms. The highest BCUT2D eigenvalue weighted by Crippen LogP contribution is 2.21. The summed E-state index contributed by atoms with van der Waals surface area (Å²) in [5, 5.41) is 0. The second-order valence-corrected chi connectivity index (χ2v) is 3.51. The highest BCUT2D eigenvalue weighted by atomic mass is 14.1. The van der Waals surface area contributed by atoms with Gasteiger partial charge in [-0.3, -0.25) is 0 Å². The average Bonchev–Trinajstić information content (AvgIpc) is 2.06. The van der Waals surface area contributed by atoms with Crippen LogP contribution >= 0.6 is 0 Å². The molecule has 0 bridgehead atoms. The summed E-state index contributed by atoms with van der Waals surface area (Å²) >= 11 is 0. The van der Waals surface area contributed by atoms with Crippen LogP contribution in [0.25, 0.3) is 0 Å². The lowest BCUT2D eigenvalue weighted by atomic mass is 9.94. The lowest BCUT2D eigenvalue weighted by molar-refractivity contribution is 0.546. The largest absolute Gasteiger partial charge is 0.0842 e. The highest BCUT2D eigenvalue weighted by molar-refractivity contribution is 5.17. The Kier molecular flexibility index (Phi) is 3.41.